The number of hydrogen-bond donors (Lipinski definition) is 1. The number of alkyl halides is 6. The highest BCUT2D eigenvalue weighted by molar-refractivity contribution is 6.33. The monoisotopic (exact) mass is 501 g/mol. The minimum absolute atomic E-state index is 0.0703. The number of carbonyl (C=O) groups excluding carboxylic acids is 2. The topological polar surface area (TPSA) is 55.4 Å². The van der Waals surface area contributed by atoms with Crippen LogP contribution in [0.2, 0.25) is 5.02 Å². The van der Waals surface area contributed by atoms with Gasteiger partial charge < -0.3 is 10.1 Å². The highest BCUT2D eigenvalue weighted by Crippen LogP contribution is 2.35. The summed E-state index contributed by atoms with van der Waals surface area (Å²) in [5, 5.41) is 1.92. The number of benzene rings is 3. The SMILES string of the molecule is O=C(OC(C(=O)Nc1cc(C(F)(F)F)ccc1Cl)c1ccccc1)c1ccccc1C(F)(F)F. The molecule has 34 heavy (non-hydrogen) atoms. The van der Waals surface area contributed by atoms with Crippen LogP contribution >= 0.6 is 11.6 Å². The van der Waals surface area contributed by atoms with Crippen molar-refractivity contribution in [3.05, 3.63) is 100 Å². The van der Waals surface area contributed by atoms with Gasteiger partial charge in [0.05, 0.1) is 27.4 Å². The smallest absolute Gasteiger partial charge is 0.417 e. The van der Waals surface area contributed by atoms with Crippen molar-refractivity contribution in [2.45, 2.75) is 18.5 Å². The number of carbonyl (C=O) groups is 2. The van der Waals surface area contributed by atoms with Gasteiger partial charge in [-0.15, -0.1) is 0 Å². The van der Waals surface area contributed by atoms with Gasteiger partial charge in [0.15, 0.2) is 0 Å². The zero-order valence-electron chi connectivity index (χ0n) is 16.9. The predicted octanol–water partition coefficient (Wildman–Crippen LogP) is 6.91. The van der Waals surface area contributed by atoms with Gasteiger partial charge >= 0.3 is 18.3 Å². The van der Waals surface area contributed by atoms with Gasteiger partial charge in [0, 0.05) is 5.56 Å². The van der Waals surface area contributed by atoms with Crippen molar-refractivity contribution in [1.82, 2.24) is 0 Å². The first-order valence-corrected chi connectivity index (χ1v) is 9.85. The Bertz CT molecular complexity index is 1200. The highest BCUT2D eigenvalue weighted by Gasteiger charge is 2.37. The Morgan fingerprint density at radius 2 is 1.44 bits per heavy atom. The van der Waals surface area contributed by atoms with Crippen LogP contribution in [0.25, 0.3) is 0 Å². The number of esters is 1. The minimum Gasteiger partial charge on any atom is -0.444 e. The summed E-state index contributed by atoms with van der Waals surface area (Å²) >= 11 is 5.90. The second-order valence-electron chi connectivity index (χ2n) is 6.92. The molecule has 0 saturated carbocycles. The minimum atomic E-state index is -4.87. The fraction of sp³-hybridized carbons (Fsp3) is 0.130. The molecule has 0 aromatic heterocycles. The molecule has 0 aliphatic heterocycles. The van der Waals surface area contributed by atoms with Crippen LogP contribution < -0.4 is 5.32 Å². The third-order valence-corrected chi connectivity index (χ3v) is 4.90. The Morgan fingerprint density at radius 1 is 0.824 bits per heavy atom. The van der Waals surface area contributed by atoms with Gasteiger partial charge in [-0.05, 0) is 30.3 Å². The summed E-state index contributed by atoms with van der Waals surface area (Å²) in [4.78, 5) is 25.6. The zero-order chi connectivity index (χ0) is 25.1. The molecular formula is C23H14ClF6NO3. The van der Waals surface area contributed by atoms with Gasteiger partial charge in [-0.25, -0.2) is 4.79 Å². The third-order valence-electron chi connectivity index (χ3n) is 4.57. The molecule has 178 valence electrons. The molecule has 4 nitrogen and oxygen atoms in total. The molecule has 11 heteroatoms. The summed E-state index contributed by atoms with van der Waals surface area (Å²) in [7, 11) is 0. The van der Waals surface area contributed by atoms with E-state index in [0.717, 1.165) is 18.2 Å². The van der Waals surface area contributed by atoms with Gasteiger partial charge in [0.25, 0.3) is 5.91 Å². The Labute approximate surface area is 194 Å². The van der Waals surface area contributed by atoms with E-state index < -0.39 is 52.7 Å². The maximum atomic E-state index is 13.3. The molecule has 1 amide bonds. The molecule has 0 aliphatic carbocycles. The number of amides is 1. The number of ether oxygens (including phenoxy) is 1. The lowest BCUT2D eigenvalue weighted by molar-refractivity contribution is -0.138. The zero-order valence-corrected chi connectivity index (χ0v) is 17.6. The first-order chi connectivity index (χ1) is 15.9. The maximum Gasteiger partial charge on any atom is 0.417 e. The van der Waals surface area contributed by atoms with E-state index in [4.69, 9.17) is 16.3 Å². The Kier molecular flexibility index (Phi) is 7.21. The molecular weight excluding hydrogens is 488 g/mol. The summed E-state index contributed by atoms with van der Waals surface area (Å²) in [6.45, 7) is 0. The molecule has 3 aromatic carbocycles. The standard InChI is InChI=1S/C23H14ClF6NO3/c24-17-11-10-14(22(25,26)27)12-18(17)31-20(32)19(13-6-2-1-3-7-13)34-21(33)15-8-4-5-9-16(15)23(28,29)30/h1-12,19H,(H,31,32). The summed E-state index contributed by atoms with van der Waals surface area (Å²) in [5.41, 5.74) is -3.55. The van der Waals surface area contributed by atoms with Gasteiger partial charge in [0.1, 0.15) is 0 Å². The van der Waals surface area contributed by atoms with E-state index in [1.54, 1.807) is 6.07 Å². The van der Waals surface area contributed by atoms with Crippen molar-refractivity contribution in [3.8, 4) is 0 Å². The molecule has 1 N–H and O–H groups in total. The lowest BCUT2D eigenvalue weighted by Crippen LogP contribution is -2.27. The number of anilines is 1. The Balaban J connectivity index is 1.95. The van der Waals surface area contributed by atoms with Gasteiger partial charge in [-0.1, -0.05) is 54.1 Å². The van der Waals surface area contributed by atoms with Crippen LogP contribution in [0.4, 0.5) is 32.0 Å². The summed E-state index contributed by atoms with van der Waals surface area (Å²) < 4.78 is 84.1. The number of rotatable bonds is 5. The van der Waals surface area contributed by atoms with E-state index in [1.807, 2.05) is 0 Å². The summed E-state index contributed by atoms with van der Waals surface area (Å²) in [6, 6.07) is 13.3. The molecule has 1 atom stereocenters. The average Bonchev–Trinajstić information content (AvgIpc) is 2.78. The fourth-order valence-corrected chi connectivity index (χ4v) is 3.14. The lowest BCUT2D eigenvalue weighted by atomic mass is 10.1. The van der Waals surface area contributed by atoms with E-state index in [-0.39, 0.29) is 10.6 Å². The van der Waals surface area contributed by atoms with Crippen LogP contribution in [0, 0.1) is 0 Å². The normalized spacial score (nSPS) is 12.7. The van der Waals surface area contributed by atoms with Crippen LogP contribution in [0.5, 0.6) is 0 Å². The molecule has 0 heterocycles. The fourth-order valence-electron chi connectivity index (χ4n) is 2.98. The van der Waals surface area contributed by atoms with E-state index in [0.29, 0.717) is 18.2 Å². The van der Waals surface area contributed by atoms with Crippen molar-refractivity contribution in [2.24, 2.45) is 0 Å². The molecule has 0 bridgehead atoms. The largest absolute Gasteiger partial charge is 0.444 e. The highest BCUT2D eigenvalue weighted by atomic mass is 35.5. The second-order valence-corrected chi connectivity index (χ2v) is 7.33. The van der Waals surface area contributed by atoms with Crippen LogP contribution in [0.15, 0.2) is 72.8 Å². The molecule has 0 spiro atoms. The summed E-state index contributed by atoms with van der Waals surface area (Å²) in [6.07, 6.45) is -11.4. The van der Waals surface area contributed by atoms with Crippen molar-refractivity contribution >= 4 is 29.2 Å². The molecule has 0 fully saturated rings. The van der Waals surface area contributed by atoms with Gasteiger partial charge in [-0.3, -0.25) is 4.79 Å². The number of hydrogen-bond acceptors (Lipinski definition) is 3. The second kappa shape index (κ2) is 9.76. The average molecular weight is 502 g/mol. The van der Waals surface area contributed by atoms with Crippen molar-refractivity contribution in [1.29, 1.82) is 0 Å². The number of nitrogens with one attached hydrogen (secondary N) is 1. The van der Waals surface area contributed by atoms with E-state index >= 15 is 0 Å². The van der Waals surface area contributed by atoms with E-state index in [1.165, 1.54) is 30.3 Å². The first-order valence-electron chi connectivity index (χ1n) is 9.47. The Hall–Kier alpha value is -3.53. The Morgan fingerprint density at radius 3 is 2.06 bits per heavy atom. The molecule has 1 unspecified atom stereocenters. The summed E-state index contributed by atoms with van der Waals surface area (Å²) in [5.74, 6) is -2.57. The first kappa shape index (κ1) is 25.1. The molecule has 0 radical (unpaired) electrons. The van der Waals surface area contributed by atoms with Crippen LogP contribution in [0.3, 0.4) is 0 Å². The van der Waals surface area contributed by atoms with E-state index in [2.05, 4.69) is 5.32 Å². The van der Waals surface area contributed by atoms with Crippen molar-refractivity contribution in [3.63, 3.8) is 0 Å². The molecule has 3 rings (SSSR count). The van der Waals surface area contributed by atoms with E-state index in [9.17, 15) is 35.9 Å². The molecule has 0 aliphatic rings. The van der Waals surface area contributed by atoms with Crippen LogP contribution in [-0.4, -0.2) is 11.9 Å². The quantitative estimate of drug-likeness (QED) is 0.305. The molecule has 3 aromatic rings. The van der Waals surface area contributed by atoms with Gasteiger partial charge in [-0.2, -0.15) is 26.3 Å². The molecule has 0 saturated heterocycles. The van der Waals surface area contributed by atoms with Crippen molar-refractivity contribution in [2.75, 3.05) is 5.32 Å². The predicted molar refractivity (Wildman–Crippen MR) is 111 cm³/mol. The van der Waals surface area contributed by atoms with Crippen molar-refractivity contribution < 1.29 is 40.7 Å². The third kappa shape index (κ3) is 5.88. The van der Waals surface area contributed by atoms with Crippen LogP contribution in [0.1, 0.15) is 33.2 Å². The lowest BCUT2D eigenvalue weighted by Gasteiger charge is -2.20. The maximum absolute atomic E-state index is 13.3. The number of halogens is 7. The van der Waals surface area contributed by atoms with Crippen LogP contribution in [-0.2, 0) is 21.9 Å². The van der Waals surface area contributed by atoms with Gasteiger partial charge in [0.2, 0.25) is 6.10 Å².